The maximum Gasteiger partial charge on any atom is 0.0509 e. The van der Waals surface area contributed by atoms with Crippen LogP contribution in [0.1, 0.15) is 25.3 Å². The number of hydrogen-bond donors (Lipinski definition) is 1. The summed E-state index contributed by atoms with van der Waals surface area (Å²) in [6, 6.07) is 8.89. The SMILES string of the molecule is CCOCC(CNC1CC1)Cc1cccc(Cl)c1. The predicted molar refractivity (Wildman–Crippen MR) is 76.2 cm³/mol. The first-order valence-corrected chi connectivity index (χ1v) is 7.21. The Morgan fingerprint density at radius 1 is 1.44 bits per heavy atom. The molecule has 100 valence electrons. The molecule has 1 aliphatic carbocycles. The first kappa shape index (κ1) is 13.9. The van der Waals surface area contributed by atoms with E-state index in [0.717, 1.165) is 37.2 Å². The van der Waals surface area contributed by atoms with E-state index in [1.807, 2.05) is 19.1 Å². The lowest BCUT2D eigenvalue weighted by atomic mass is 10.00. The minimum absolute atomic E-state index is 0.531. The van der Waals surface area contributed by atoms with Crippen LogP contribution in [0, 0.1) is 5.92 Å². The lowest BCUT2D eigenvalue weighted by Crippen LogP contribution is -2.29. The summed E-state index contributed by atoms with van der Waals surface area (Å²) in [5.41, 5.74) is 1.30. The van der Waals surface area contributed by atoms with Crippen molar-refractivity contribution in [1.82, 2.24) is 5.32 Å². The Bertz CT molecular complexity index is 365. The monoisotopic (exact) mass is 267 g/mol. The van der Waals surface area contributed by atoms with Gasteiger partial charge in [0.2, 0.25) is 0 Å². The highest BCUT2D eigenvalue weighted by molar-refractivity contribution is 6.30. The van der Waals surface area contributed by atoms with Crippen LogP contribution in [0.4, 0.5) is 0 Å². The zero-order valence-electron chi connectivity index (χ0n) is 11.0. The fraction of sp³-hybridized carbons (Fsp3) is 0.600. The molecule has 1 unspecified atom stereocenters. The van der Waals surface area contributed by atoms with E-state index >= 15 is 0 Å². The van der Waals surface area contributed by atoms with Gasteiger partial charge >= 0.3 is 0 Å². The van der Waals surface area contributed by atoms with Gasteiger partial charge in [-0.2, -0.15) is 0 Å². The predicted octanol–water partition coefficient (Wildman–Crippen LogP) is 3.29. The highest BCUT2D eigenvalue weighted by Gasteiger charge is 2.22. The van der Waals surface area contributed by atoms with Crippen molar-refractivity contribution >= 4 is 11.6 Å². The summed E-state index contributed by atoms with van der Waals surface area (Å²) in [5.74, 6) is 0.531. The molecule has 0 aliphatic heterocycles. The van der Waals surface area contributed by atoms with E-state index in [-0.39, 0.29) is 0 Å². The molecule has 2 rings (SSSR count). The fourth-order valence-corrected chi connectivity index (χ4v) is 2.31. The molecule has 18 heavy (non-hydrogen) atoms. The largest absolute Gasteiger partial charge is 0.381 e. The summed E-state index contributed by atoms with van der Waals surface area (Å²) in [4.78, 5) is 0. The van der Waals surface area contributed by atoms with Crippen molar-refractivity contribution in [3.63, 3.8) is 0 Å². The van der Waals surface area contributed by atoms with Crippen LogP contribution < -0.4 is 5.32 Å². The van der Waals surface area contributed by atoms with Crippen molar-refractivity contribution in [2.45, 2.75) is 32.2 Å². The molecule has 1 aliphatic rings. The molecule has 0 aromatic heterocycles. The van der Waals surface area contributed by atoms with Crippen LogP contribution in [0.5, 0.6) is 0 Å². The highest BCUT2D eigenvalue weighted by Crippen LogP contribution is 2.20. The van der Waals surface area contributed by atoms with E-state index in [0.29, 0.717) is 5.92 Å². The molecule has 1 fully saturated rings. The molecule has 1 aromatic carbocycles. The van der Waals surface area contributed by atoms with Crippen molar-refractivity contribution in [2.75, 3.05) is 19.8 Å². The Morgan fingerprint density at radius 2 is 2.28 bits per heavy atom. The van der Waals surface area contributed by atoms with Crippen molar-refractivity contribution in [2.24, 2.45) is 5.92 Å². The average Bonchev–Trinajstić information content (AvgIpc) is 3.17. The van der Waals surface area contributed by atoms with Gasteiger partial charge in [-0.05, 0) is 49.8 Å². The Morgan fingerprint density at radius 3 is 2.94 bits per heavy atom. The number of ether oxygens (including phenoxy) is 1. The second-order valence-corrected chi connectivity index (χ2v) is 5.48. The molecule has 1 aromatic rings. The van der Waals surface area contributed by atoms with Crippen LogP contribution >= 0.6 is 11.6 Å². The van der Waals surface area contributed by atoms with Gasteiger partial charge in [-0.25, -0.2) is 0 Å². The molecule has 2 nitrogen and oxygen atoms in total. The minimum Gasteiger partial charge on any atom is -0.381 e. The summed E-state index contributed by atoms with van der Waals surface area (Å²) in [6.45, 7) is 4.69. The third-order valence-electron chi connectivity index (χ3n) is 3.24. The smallest absolute Gasteiger partial charge is 0.0509 e. The summed E-state index contributed by atoms with van der Waals surface area (Å²) in [6.07, 6.45) is 3.69. The maximum absolute atomic E-state index is 6.02. The second-order valence-electron chi connectivity index (χ2n) is 5.04. The Kier molecular flexibility index (Phi) is 5.48. The van der Waals surface area contributed by atoms with Gasteiger partial charge in [-0.1, -0.05) is 23.7 Å². The molecule has 1 N–H and O–H groups in total. The van der Waals surface area contributed by atoms with E-state index in [2.05, 4.69) is 17.4 Å². The van der Waals surface area contributed by atoms with Gasteiger partial charge in [0.1, 0.15) is 0 Å². The van der Waals surface area contributed by atoms with E-state index in [1.54, 1.807) is 0 Å². The van der Waals surface area contributed by atoms with E-state index in [1.165, 1.54) is 18.4 Å². The number of hydrogen-bond acceptors (Lipinski definition) is 2. The highest BCUT2D eigenvalue weighted by atomic mass is 35.5. The Balaban J connectivity index is 1.85. The lowest BCUT2D eigenvalue weighted by Gasteiger charge is -2.17. The van der Waals surface area contributed by atoms with Crippen LogP contribution in [-0.4, -0.2) is 25.8 Å². The quantitative estimate of drug-likeness (QED) is 0.780. The van der Waals surface area contributed by atoms with Gasteiger partial charge in [0.05, 0.1) is 6.61 Å². The van der Waals surface area contributed by atoms with Crippen LogP contribution in [0.25, 0.3) is 0 Å². The van der Waals surface area contributed by atoms with Gasteiger partial charge < -0.3 is 10.1 Å². The molecule has 0 bridgehead atoms. The second kappa shape index (κ2) is 7.13. The number of nitrogens with one attached hydrogen (secondary N) is 1. The van der Waals surface area contributed by atoms with Gasteiger partial charge in [-0.3, -0.25) is 0 Å². The number of rotatable bonds is 8. The Hall–Kier alpha value is -0.570. The molecule has 3 heteroatoms. The third-order valence-corrected chi connectivity index (χ3v) is 3.48. The minimum atomic E-state index is 0.531. The van der Waals surface area contributed by atoms with Crippen LogP contribution in [0.15, 0.2) is 24.3 Å². The molecule has 0 saturated heterocycles. The Labute approximate surface area is 115 Å². The molecule has 1 saturated carbocycles. The standard InChI is InChI=1S/C15H22ClNO/c1-2-18-11-13(10-17-15-6-7-15)8-12-4-3-5-14(16)9-12/h3-5,9,13,15,17H,2,6-8,10-11H2,1H3. The van der Waals surface area contributed by atoms with Crippen LogP contribution in [0.3, 0.4) is 0 Å². The fourth-order valence-electron chi connectivity index (χ4n) is 2.09. The van der Waals surface area contributed by atoms with Crippen molar-refractivity contribution < 1.29 is 4.74 Å². The van der Waals surface area contributed by atoms with Crippen molar-refractivity contribution in [3.8, 4) is 0 Å². The maximum atomic E-state index is 6.02. The van der Waals surface area contributed by atoms with Crippen LogP contribution in [-0.2, 0) is 11.2 Å². The zero-order chi connectivity index (χ0) is 12.8. The summed E-state index contributed by atoms with van der Waals surface area (Å²) >= 11 is 6.02. The molecule has 0 spiro atoms. The lowest BCUT2D eigenvalue weighted by molar-refractivity contribution is 0.109. The topological polar surface area (TPSA) is 21.3 Å². The van der Waals surface area contributed by atoms with Gasteiger partial charge in [0.25, 0.3) is 0 Å². The molecular formula is C15H22ClNO. The van der Waals surface area contributed by atoms with Crippen molar-refractivity contribution in [3.05, 3.63) is 34.9 Å². The average molecular weight is 268 g/mol. The van der Waals surface area contributed by atoms with E-state index in [4.69, 9.17) is 16.3 Å². The normalized spacial score (nSPS) is 16.8. The number of benzene rings is 1. The summed E-state index contributed by atoms with van der Waals surface area (Å²) < 4.78 is 5.58. The molecular weight excluding hydrogens is 246 g/mol. The van der Waals surface area contributed by atoms with Crippen LogP contribution in [0.2, 0.25) is 5.02 Å². The zero-order valence-corrected chi connectivity index (χ0v) is 11.7. The van der Waals surface area contributed by atoms with Gasteiger partial charge in [0, 0.05) is 24.2 Å². The molecule has 0 amide bonds. The number of halogens is 1. The third kappa shape index (κ3) is 4.97. The van der Waals surface area contributed by atoms with Gasteiger partial charge in [0.15, 0.2) is 0 Å². The summed E-state index contributed by atoms with van der Waals surface area (Å²) in [5, 5.41) is 4.40. The van der Waals surface area contributed by atoms with E-state index < -0.39 is 0 Å². The molecule has 0 radical (unpaired) electrons. The molecule has 0 heterocycles. The summed E-state index contributed by atoms with van der Waals surface area (Å²) in [7, 11) is 0. The molecule has 1 atom stereocenters. The first-order valence-electron chi connectivity index (χ1n) is 6.83. The van der Waals surface area contributed by atoms with Crippen molar-refractivity contribution in [1.29, 1.82) is 0 Å². The van der Waals surface area contributed by atoms with E-state index in [9.17, 15) is 0 Å². The van der Waals surface area contributed by atoms with Gasteiger partial charge in [-0.15, -0.1) is 0 Å². The first-order chi connectivity index (χ1) is 8.78.